The lowest BCUT2D eigenvalue weighted by Crippen LogP contribution is -2.58. The van der Waals surface area contributed by atoms with Crippen LogP contribution in [0.5, 0.6) is 0 Å². The second-order valence-electron chi connectivity index (χ2n) is 23.3. The van der Waals surface area contributed by atoms with E-state index in [1.54, 1.807) is 75.5 Å². The van der Waals surface area contributed by atoms with E-state index in [0.717, 1.165) is 46.4 Å². The normalized spacial score (nSPS) is 17.1. The third-order valence-corrected chi connectivity index (χ3v) is 18.7. The van der Waals surface area contributed by atoms with Gasteiger partial charge in [0.15, 0.2) is 5.13 Å². The van der Waals surface area contributed by atoms with Crippen molar-refractivity contribution in [2.75, 3.05) is 29.9 Å². The Balaban J connectivity index is 0.826. The summed E-state index contributed by atoms with van der Waals surface area (Å²) in [6.07, 6.45) is 12.5. The Morgan fingerprint density at radius 1 is 0.871 bits per heavy atom. The van der Waals surface area contributed by atoms with Gasteiger partial charge in [0.1, 0.15) is 23.6 Å². The first-order valence-corrected chi connectivity index (χ1v) is 31.0. The van der Waals surface area contributed by atoms with E-state index in [-0.39, 0.29) is 48.8 Å². The fraction of sp³-hybridized carbons (Fsp3) is 0.375. The number of carbonyl (C=O) groups is 5. The van der Waals surface area contributed by atoms with Crippen LogP contribution in [-0.4, -0.2) is 111 Å². The van der Waals surface area contributed by atoms with E-state index in [1.165, 1.54) is 47.6 Å². The van der Waals surface area contributed by atoms with E-state index in [0.29, 0.717) is 63.2 Å². The molecule has 3 aromatic heterocycles. The number of likely N-dealkylation sites (tertiary alicyclic amines) is 1. The molecule has 10 rings (SSSR count). The lowest BCUT2D eigenvalue weighted by atomic mass is 9.85. The molecule has 5 heterocycles. The minimum Gasteiger partial charge on any atom is -0.394 e. The Labute approximate surface area is 498 Å². The molecule has 19 nitrogen and oxygen atoms in total. The third-order valence-electron chi connectivity index (χ3n) is 16.4. The van der Waals surface area contributed by atoms with Crippen molar-refractivity contribution in [1.29, 1.82) is 0 Å². The first-order chi connectivity index (χ1) is 40.8. The van der Waals surface area contributed by atoms with Crippen LogP contribution in [0.15, 0.2) is 114 Å². The number of pyridine rings is 1. The van der Waals surface area contributed by atoms with Gasteiger partial charge in [-0.3, -0.25) is 34.0 Å². The van der Waals surface area contributed by atoms with Crippen molar-refractivity contribution in [3.05, 3.63) is 154 Å². The molecule has 4 atom stereocenters. The number of carbonyl (C=O) groups excluding carboxylic acids is 5. The van der Waals surface area contributed by atoms with Gasteiger partial charge < -0.3 is 30.6 Å². The molecule has 0 spiro atoms. The minimum absolute atomic E-state index is 0.0452. The summed E-state index contributed by atoms with van der Waals surface area (Å²) in [5.41, 5.74) is 5.80. The van der Waals surface area contributed by atoms with Crippen molar-refractivity contribution < 1.29 is 42.6 Å². The number of aliphatic hydroxyl groups is 2. The summed E-state index contributed by atoms with van der Waals surface area (Å²) in [5, 5.41) is 34.8. The predicted molar refractivity (Wildman–Crippen MR) is 325 cm³/mol. The molecule has 442 valence electrons. The number of hydrogen-bond acceptors (Lipinski definition) is 14. The number of rotatable bonds is 18. The molecule has 85 heavy (non-hydrogen) atoms. The van der Waals surface area contributed by atoms with E-state index in [9.17, 15) is 42.6 Å². The molecule has 6 N–H and O–H groups in total. The highest BCUT2D eigenvalue weighted by Gasteiger charge is 2.45. The fourth-order valence-electron chi connectivity index (χ4n) is 11.6. The predicted octanol–water partition coefficient (Wildman–Crippen LogP) is 7.63. The topological polar surface area (TPSA) is 258 Å². The second kappa shape index (κ2) is 25.5. The number of thiazole rings is 1. The Morgan fingerprint density at radius 2 is 1.62 bits per heavy atom. The number of nitrogens with zero attached hydrogens (tertiary/aromatic N) is 6. The molecular weight excluding hydrogens is 1120 g/mol. The monoisotopic (exact) mass is 1190 g/mol. The van der Waals surface area contributed by atoms with Crippen molar-refractivity contribution in [3.8, 4) is 23.5 Å². The number of anilines is 2. The number of fused-ring (bicyclic) bond motifs is 2. The number of β-amino-alcohol motifs (C(OH)–C–C–N with tert-alkyl or cyclic N) is 1. The largest absolute Gasteiger partial charge is 0.394 e. The number of aryl methyl sites for hydroxylation is 1. The number of aliphatic hydroxyl groups excluding tert-OH is 2. The molecule has 0 unspecified atom stereocenters. The van der Waals surface area contributed by atoms with Crippen LogP contribution in [0.2, 0.25) is 0 Å². The summed E-state index contributed by atoms with van der Waals surface area (Å²) in [4.78, 5) is 82.8. The summed E-state index contributed by atoms with van der Waals surface area (Å²) < 4.78 is 33.5. The molecule has 0 bridgehead atoms. The Kier molecular flexibility index (Phi) is 18.0. The summed E-state index contributed by atoms with van der Waals surface area (Å²) in [5.74, 6) is 0.537. The highest BCUT2D eigenvalue weighted by Crippen LogP contribution is 2.35. The van der Waals surface area contributed by atoms with Crippen LogP contribution in [0.25, 0.3) is 21.3 Å². The summed E-state index contributed by atoms with van der Waals surface area (Å²) in [6.45, 7) is 8.20. The van der Waals surface area contributed by atoms with Crippen LogP contribution in [0.1, 0.15) is 126 Å². The number of amides is 5. The zero-order valence-corrected chi connectivity index (χ0v) is 49.6. The zero-order valence-electron chi connectivity index (χ0n) is 48.0. The van der Waals surface area contributed by atoms with E-state index >= 15 is 0 Å². The van der Waals surface area contributed by atoms with Gasteiger partial charge in [0.2, 0.25) is 17.7 Å². The highest BCUT2D eigenvalue weighted by molar-refractivity contribution is 7.90. The van der Waals surface area contributed by atoms with Gasteiger partial charge in [-0.2, -0.15) is 5.10 Å². The van der Waals surface area contributed by atoms with Crippen LogP contribution in [0.3, 0.4) is 0 Å². The number of aromatic nitrogens is 4. The van der Waals surface area contributed by atoms with Gasteiger partial charge in [0.05, 0.1) is 40.1 Å². The zero-order chi connectivity index (χ0) is 60.2. The Bertz CT molecular complexity index is 3770. The lowest BCUT2D eigenvalue weighted by Gasteiger charge is -2.35. The molecule has 1 saturated carbocycles. The molecule has 1 saturated heterocycles. The SMILES string of the molecule is C#Cc1ccc([C@H](CO)NC(=O)[C@@H]2C[C@@H](O)CN2C(=O)[C@@H](NC(=O)CCc2ccc(S(=O)(=O)NC(=O)c3nc(N4CCc5cccc(C(=O)Nc6nc7ccccc7s6)c5C4)ccc3-c3cnn(CC4CCCCC4)c3C)cc2)C(C)(C)C)cc1. The molecule has 3 aliphatic rings. The average molecular weight is 1190 g/mol. The van der Waals surface area contributed by atoms with Crippen LogP contribution >= 0.6 is 11.3 Å². The van der Waals surface area contributed by atoms with Crippen molar-refractivity contribution in [2.45, 2.75) is 128 Å². The van der Waals surface area contributed by atoms with Gasteiger partial charge in [-0.15, -0.1) is 6.42 Å². The maximum atomic E-state index is 14.6. The maximum Gasteiger partial charge on any atom is 0.284 e. The maximum absolute atomic E-state index is 14.6. The molecular formula is C64H70N10O9S2. The van der Waals surface area contributed by atoms with Crippen molar-refractivity contribution in [3.63, 3.8) is 0 Å². The molecule has 21 heteroatoms. The quantitative estimate of drug-likeness (QED) is 0.0452. The molecule has 2 aliphatic heterocycles. The molecule has 1 aliphatic carbocycles. The summed E-state index contributed by atoms with van der Waals surface area (Å²) >= 11 is 1.39. The van der Waals surface area contributed by atoms with Crippen molar-refractivity contribution >= 4 is 72.1 Å². The van der Waals surface area contributed by atoms with Gasteiger partial charge in [-0.25, -0.2) is 23.1 Å². The van der Waals surface area contributed by atoms with Crippen molar-refractivity contribution in [1.82, 2.24) is 40.0 Å². The standard InChI is InChI=1S/C64H70N10O9S2/c1-6-40-19-24-44(25-20-40)52(38-75)66-60(79)53-33-45(76)36-73(53)62(81)58(64(3,4)5)69-56(77)30-23-41-21-26-46(27-22-41)85(82,83)71-61(80)57-47(49-34-65-74(39(49)2)35-42-13-8-7-9-14-42)28-29-55(68-57)72-32-31-43-15-12-16-48(50(43)37-72)59(78)70-63-67-51-17-10-11-18-54(51)84-63/h1,10-12,15-22,24-29,34,42,45,52-53,58,75-76H,7-9,13-14,23,30-33,35-38H2,2-5H3,(H,66,79)(H,69,77)(H,71,80)(H,67,70,78)/t45-,52+,53+,58-/m1/s1. The molecule has 5 amide bonds. The Hall–Kier alpha value is -8.29. The van der Waals surface area contributed by atoms with Gasteiger partial charge in [-0.1, -0.05) is 106 Å². The first-order valence-electron chi connectivity index (χ1n) is 28.7. The Morgan fingerprint density at radius 3 is 2.34 bits per heavy atom. The highest BCUT2D eigenvalue weighted by atomic mass is 32.2. The van der Waals surface area contributed by atoms with Crippen LogP contribution in [-0.2, 0) is 50.3 Å². The third kappa shape index (κ3) is 13.6. The number of benzene rings is 4. The van der Waals surface area contributed by atoms with E-state index < -0.39 is 69.9 Å². The molecule has 4 aromatic carbocycles. The van der Waals surface area contributed by atoms with Gasteiger partial charge >= 0.3 is 0 Å². The van der Waals surface area contributed by atoms with E-state index in [4.69, 9.17) is 16.5 Å². The number of hydrogen-bond donors (Lipinski definition) is 6. The number of terminal acetylenes is 1. The fourth-order valence-corrected chi connectivity index (χ4v) is 13.4. The number of nitrogens with one attached hydrogen (secondary N) is 4. The molecule has 2 fully saturated rings. The average Bonchev–Trinajstić information content (AvgIpc) is 4.22. The molecule has 7 aromatic rings. The van der Waals surface area contributed by atoms with E-state index in [1.807, 2.05) is 59.0 Å². The van der Waals surface area contributed by atoms with Gasteiger partial charge in [-0.05, 0) is 121 Å². The van der Waals surface area contributed by atoms with Gasteiger partial charge in [0.25, 0.3) is 21.8 Å². The minimum atomic E-state index is -4.51. The second-order valence-corrected chi connectivity index (χ2v) is 26.0. The molecule has 0 radical (unpaired) electrons. The van der Waals surface area contributed by atoms with Crippen LogP contribution in [0, 0.1) is 30.6 Å². The smallest absolute Gasteiger partial charge is 0.284 e. The van der Waals surface area contributed by atoms with Crippen LogP contribution < -0.4 is 25.6 Å². The number of para-hydroxylation sites is 1. The van der Waals surface area contributed by atoms with E-state index in [2.05, 4.69) is 31.6 Å². The number of sulfonamides is 1. The summed E-state index contributed by atoms with van der Waals surface area (Å²) in [7, 11) is -4.51. The lowest BCUT2D eigenvalue weighted by molar-refractivity contribution is -0.144. The van der Waals surface area contributed by atoms with Crippen LogP contribution in [0.4, 0.5) is 10.9 Å². The van der Waals surface area contributed by atoms with Crippen molar-refractivity contribution in [2.24, 2.45) is 11.3 Å². The van der Waals surface area contributed by atoms with Gasteiger partial charge in [0, 0.05) is 67.0 Å². The first kappa shape index (κ1) is 59.9. The summed E-state index contributed by atoms with van der Waals surface area (Å²) in [6, 6.07) is 26.4.